The van der Waals surface area contributed by atoms with Crippen LogP contribution in [0.3, 0.4) is 0 Å². The van der Waals surface area contributed by atoms with E-state index in [4.69, 9.17) is 9.15 Å². The predicted molar refractivity (Wildman–Crippen MR) is 108 cm³/mol. The number of amides is 2. The molecule has 0 radical (unpaired) electrons. The average molecular weight is 398 g/mol. The van der Waals surface area contributed by atoms with Crippen LogP contribution in [0.4, 0.5) is 0 Å². The van der Waals surface area contributed by atoms with Crippen LogP contribution in [0.5, 0.6) is 0 Å². The zero-order valence-corrected chi connectivity index (χ0v) is 16.9. The second-order valence-corrected chi connectivity index (χ2v) is 8.15. The Morgan fingerprint density at radius 2 is 2.00 bits per heavy atom. The smallest absolute Gasteiger partial charge is 0.336 e. The summed E-state index contributed by atoms with van der Waals surface area (Å²) in [5.74, 6) is 0.0728. The Hall–Kier alpha value is -2.67. The molecule has 7 nitrogen and oxygen atoms in total. The summed E-state index contributed by atoms with van der Waals surface area (Å²) in [5.41, 5.74) is 1.24. The summed E-state index contributed by atoms with van der Waals surface area (Å²) in [6.45, 7) is 4.78. The van der Waals surface area contributed by atoms with Gasteiger partial charge in [0.1, 0.15) is 5.58 Å². The molecule has 29 heavy (non-hydrogen) atoms. The Morgan fingerprint density at radius 3 is 2.79 bits per heavy atom. The van der Waals surface area contributed by atoms with Gasteiger partial charge in [0.15, 0.2) is 0 Å². The fourth-order valence-corrected chi connectivity index (χ4v) is 4.53. The van der Waals surface area contributed by atoms with Gasteiger partial charge >= 0.3 is 5.63 Å². The fraction of sp³-hybridized carbons (Fsp3) is 0.500. The van der Waals surface area contributed by atoms with Crippen molar-refractivity contribution < 1.29 is 18.7 Å². The van der Waals surface area contributed by atoms with E-state index in [9.17, 15) is 14.4 Å². The summed E-state index contributed by atoms with van der Waals surface area (Å²) >= 11 is 0. The van der Waals surface area contributed by atoms with Gasteiger partial charge in [-0.25, -0.2) is 4.79 Å². The van der Waals surface area contributed by atoms with E-state index in [1.165, 1.54) is 6.07 Å². The van der Waals surface area contributed by atoms with Crippen LogP contribution in [0.25, 0.3) is 11.0 Å². The third-order valence-electron chi connectivity index (χ3n) is 6.20. The maximum atomic E-state index is 13.0. The van der Waals surface area contributed by atoms with Gasteiger partial charge in [-0.2, -0.15) is 0 Å². The Bertz CT molecular complexity index is 1010. The van der Waals surface area contributed by atoms with Crippen molar-refractivity contribution in [1.29, 1.82) is 0 Å². The Labute approximate surface area is 169 Å². The highest BCUT2D eigenvalue weighted by atomic mass is 16.5. The Balaban J connectivity index is 1.49. The molecule has 0 bridgehead atoms. The topological polar surface area (TPSA) is 80.1 Å². The number of likely N-dealkylation sites (tertiary alicyclic amines) is 2. The lowest BCUT2D eigenvalue weighted by atomic mass is 9.85. The minimum absolute atomic E-state index is 0.0579. The molecule has 2 amide bonds. The SMILES string of the molecule is COCCN1CCC2(CCN(C(=O)Cc3cc(=O)oc4cc(C)ccc34)C2)C1=O. The number of aryl methyl sites for hydroxylation is 1. The zero-order chi connectivity index (χ0) is 20.6. The van der Waals surface area contributed by atoms with Gasteiger partial charge in [-0.3, -0.25) is 9.59 Å². The van der Waals surface area contributed by atoms with Crippen LogP contribution in [-0.2, 0) is 20.7 Å². The first kappa shape index (κ1) is 19.6. The van der Waals surface area contributed by atoms with Gasteiger partial charge in [-0.05, 0) is 37.0 Å². The molecule has 2 aliphatic heterocycles. The summed E-state index contributed by atoms with van der Waals surface area (Å²) in [7, 11) is 1.63. The first-order chi connectivity index (χ1) is 13.9. The molecule has 0 N–H and O–H groups in total. The molecule has 3 heterocycles. The van der Waals surface area contributed by atoms with Gasteiger partial charge in [0.25, 0.3) is 0 Å². The van der Waals surface area contributed by atoms with Crippen molar-refractivity contribution >= 4 is 22.8 Å². The molecule has 2 aromatic rings. The monoisotopic (exact) mass is 398 g/mol. The van der Waals surface area contributed by atoms with Gasteiger partial charge < -0.3 is 19.0 Å². The lowest BCUT2D eigenvalue weighted by Gasteiger charge is -2.23. The van der Waals surface area contributed by atoms with Crippen LogP contribution in [0.2, 0.25) is 0 Å². The van der Waals surface area contributed by atoms with E-state index in [1.54, 1.807) is 18.1 Å². The molecule has 0 aliphatic carbocycles. The van der Waals surface area contributed by atoms with Gasteiger partial charge in [-0.15, -0.1) is 0 Å². The van der Waals surface area contributed by atoms with Crippen molar-refractivity contribution in [2.24, 2.45) is 5.41 Å². The highest BCUT2D eigenvalue weighted by Gasteiger charge is 2.51. The summed E-state index contributed by atoms with van der Waals surface area (Å²) in [4.78, 5) is 41.4. The van der Waals surface area contributed by atoms with Crippen LogP contribution < -0.4 is 5.63 Å². The minimum Gasteiger partial charge on any atom is -0.423 e. The summed E-state index contributed by atoms with van der Waals surface area (Å²) in [6.07, 6.45) is 1.59. The second-order valence-electron chi connectivity index (χ2n) is 8.15. The third-order valence-corrected chi connectivity index (χ3v) is 6.20. The van der Waals surface area contributed by atoms with E-state index in [0.717, 1.165) is 17.4 Å². The molecule has 4 rings (SSSR count). The molecule has 1 atom stereocenters. The first-order valence-corrected chi connectivity index (χ1v) is 10.0. The van der Waals surface area contributed by atoms with Gasteiger partial charge in [-0.1, -0.05) is 12.1 Å². The quantitative estimate of drug-likeness (QED) is 0.717. The first-order valence-electron chi connectivity index (χ1n) is 10.0. The fourth-order valence-electron chi connectivity index (χ4n) is 4.53. The molecule has 1 spiro atoms. The van der Waals surface area contributed by atoms with Gasteiger partial charge in [0, 0.05) is 44.7 Å². The Kier molecular flexibility index (Phi) is 5.17. The van der Waals surface area contributed by atoms with Gasteiger partial charge in [0.2, 0.25) is 11.8 Å². The van der Waals surface area contributed by atoms with E-state index in [-0.39, 0.29) is 18.2 Å². The van der Waals surface area contributed by atoms with Crippen LogP contribution in [0.15, 0.2) is 33.5 Å². The molecule has 0 saturated carbocycles. The Morgan fingerprint density at radius 1 is 1.21 bits per heavy atom. The largest absolute Gasteiger partial charge is 0.423 e. The number of rotatable bonds is 5. The highest BCUT2D eigenvalue weighted by Crippen LogP contribution is 2.40. The summed E-state index contributed by atoms with van der Waals surface area (Å²) in [6, 6.07) is 7.03. The van der Waals surface area contributed by atoms with Crippen LogP contribution in [0, 0.1) is 12.3 Å². The lowest BCUT2D eigenvalue weighted by molar-refractivity contribution is -0.136. The number of hydrogen-bond acceptors (Lipinski definition) is 5. The predicted octanol–water partition coefficient (Wildman–Crippen LogP) is 1.74. The molecule has 2 aliphatic rings. The average Bonchev–Trinajstić information content (AvgIpc) is 3.25. The van der Waals surface area contributed by atoms with Crippen molar-refractivity contribution in [3.63, 3.8) is 0 Å². The standard InChI is InChI=1S/C22H26N2O5/c1-15-3-4-17-16(13-20(26)29-18(17)11-15)12-19(25)24-8-6-22(14-24)5-7-23(21(22)27)9-10-28-2/h3-4,11,13H,5-10,12,14H2,1-2H3. The van der Waals surface area contributed by atoms with Crippen molar-refractivity contribution in [2.75, 3.05) is 39.9 Å². The van der Waals surface area contributed by atoms with Gasteiger partial charge in [0.05, 0.1) is 18.4 Å². The number of benzene rings is 1. The second kappa shape index (κ2) is 7.63. The molecule has 1 aromatic carbocycles. The molecule has 2 saturated heterocycles. The van der Waals surface area contributed by atoms with Crippen molar-refractivity contribution in [3.05, 3.63) is 45.8 Å². The lowest BCUT2D eigenvalue weighted by Crippen LogP contribution is -2.39. The van der Waals surface area contributed by atoms with E-state index < -0.39 is 11.0 Å². The van der Waals surface area contributed by atoms with E-state index in [0.29, 0.717) is 50.4 Å². The number of nitrogens with zero attached hydrogens (tertiary/aromatic N) is 2. The molecular weight excluding hydrogens is 372 g/mol. The summed E-state index contributed by atoms with van der Waals surface area (Å²) in [5, 5.41) is 0.778. The molecule has 1 aromatic heterocycles. The highest BCUT2D eigenvalue weighted by molar-refractivity contribution is 5.90. The van der Waals surface area contributed by atoms with E-state index >= 15 is 0 Å². The van der Waals surface area contributed by atoms with Crippen LogP contribution in [0.1, 0.15) is 24.0 Å². The molecule has 7 heteroatoms. The maximum absolute atomic E-state index is 13.0. The van der Waals surface area contributed by atoms with Crippen LogP contribution >= 0.6 is 0 Å². The van der Waals surface area contributed by atoms with Crippen molar-refractivity contribution in [3.8, 4) is 0 Å². The van der Waals surface area contributed by atoms with E-state index in [2.05, 4.69) is 0 Å². The number of methoxy groups -OCH3 is 1. The summed E-state index contributed by atoms with van der Waals surface area (Å²) < 4.78 is 10.4. The van der Waals surface area contributed by atoms with Crippen molar-refractivity contribution in [1.82, 2.24) is 9.80 Å². The van der Waals surface area contributed by atoms with Crippen LogP contribution in [-0.4, -0.2) is 61.5 Å². The maximum Gasteiger partial charge on any atom is 0.336 e. The number of fused-ring (bicyclic) bond motifs is 1. The number of hydrogen-bond donors (Lipinski definition) is 0. The molecule has 154 valence electrons. The number of ether oxygens (including phenoxy) is 1. The van der Waals surface area contributed by atoms with E-state index in [1.807, 2.05) is 24.0 Å². The zero-order valence-electron chi connectivity index (χ0n) is 16.9. The third kappa shape index (κ3) is 3.67. The molecule has 1 unspecified atom stereocenters. The number of carbonyl (C=O) groups excluding carboxylic acids is 2. The number of carbonyl (C=O) groups is 2. The minimum atomic E-state index is -0.460. The van der Waals surface area contributed by atoms with Crippen molar-refractivity contribution in [2.45, 2.75) is 26.2 Å². The molecule has 2 fully saturated rings. The molecular formula is C22H26N2O5. The normalized spacial score (nSPS) is 21.7.